The molecule has 112 valence electrons. The standard InChI is InChI=1S/C14H17N3O3S/c1-10(14(18)16-13-6-7-13)17-21(19,20)9-12-5-3-2-4-11(12)8-15/h2-5,10,13,17H,6-7,9H2,1H3,(H,16,18). The summed E-state index contributed by atoms with van der Waals surface area (Å²) in [6.45, 7) is 1.51. The Bertz CT molecular complexity index is 675. The van der Waals surface area contributed by atoms with Crippen LogP contribution < -0.4 is 10.0 Å². The van der Waals surface area contributed by atoms with Crippen LogP contribution in [0.1, 0.15) is 30.9 Å². The molecular formula is C14H17N3O3S. The van der Waals surface area contributed by atoms with Crippen LogP contribution in [0.25, 0.3) is 0 Å². The van der Waals surface area contributed by atoms with Crippen molar-refractivity contribution in [3.63, 3.8) is 0 Å². The number of nitriles is 1. The van der Waals surface area contributed by atoms with Crippen molar-refractivity contribution in [1.82, 2.24) is 10.0 Å². The molecule has 1 fully saturated rings. The minimum Gasteiger partial charge on any atom is -0.352 e. The van der Waals surface area contributed by atoms with Crippen LogP contribution in [0.5, 0.6) is 0 Å². The van der Waals surface area contributed by atoms with Crippen molar-refractivity contribution in [3.8, 4) is 6.07 Å². The Hall–Kier alpha value is -1.91. The van der Waals surface area contributed by atoms with Gasteiger partial charge in [-0.2, -0.15) is 5.26 Å². The molecule has 0 aliphatic heterocycles. The fourth-order valence-corrected chi connectivity index (χ4v) is 3.27. The van der Waals surface area contributed by atoms with Crippen molar-refractivity contribution in [2.75, 3.05) is 0 Å². The van der Waals surface area contributed by atoms with Crippen LogP contribution in [-0.4, -0.2) is 26.4 Å². The molecule has 2 N–H and O–H groups in total. The number of carbonyl (C=O) groups excluding carboxylic acids is 1. The third-order valence-electron chi connectivity index (χ3n) is 3.16. The molecule has 1 aliphatic carbocycles. The third-order valence-corrected chi connectivity index (χ3v) is 4.56. The first-order valence-corrected chi connectivity index (χ1v) is 8.35. The van der Waals surface area contributed by atoms with Crippen LogP contribution in [0, 0.1) is 11.3 Å². The van der Waals surface area contributed by atoms with Gasteiger partial charge in [-0.15, -0.1) is 0 Å². The molecule has 1 atom stereocenters. The van der Waals surface area contributed by atoms with Gasteiger partial charge >= 0.3 is 0 Å². The lowest BCUT2D eigenvalue weighted by Crippen LogP contribution is -2.45. The molecule has 0 heterocycles. The molecule has 0 spiro atoms. The van der Waals surface area contributed by atoms with E-state index in [1.807, 2.05) is 6.07 Å². The zero-order valence-corrected chi connectivity index (χ0v) is 12.5. The van der Waals surface area contributed by atoms with Crippen LogP contribution in [0.3, 0.4) is 0 Å². The summed E-state index contributed by atoms with van der Waals surface area (Å²) >= 11 is 0. The molecule has 1 aromatic rings. The minimum atomic E-state index is -3.69. The first-order valence-electron chi connectivity index (χ1n) is 6.69. The average molecular weight is 307 g/mol. The van der Waals surface area contributed by atoms with Crippen molar-refractivity contribution in [2.24, 2.45) is 0 Å². The lowest BCUT2D eigenvalue weighted by Gasteiger charge is -2.14. The predicted molar refractivity (Wildman–Crippen MR) is 77.5 cm³/mol. The summed E-state index contributed by atoms with van der Waals surface area (Å²) in [5.74, 6) is -0.646. The van der Waals surface area contributed by atoms with E-state index in [1.54, 1.807) is 24.3 Å². The number of nitrogens with one attached hydrogen (secondary N) is 2. The highest BCUT2D eigenvalue weighted by Gasteiger charge is 2.27. The largest absolute Gasteiger partial charge is 0.352 e. The second-order valence-electron chi connectivity index (χ2n) is 5.15. The zero-order valence-electron chi connectivity index (χ0n) is 11.7. The molecule has 1 aliphatic rings. The van der Waals surface area contributed by atoms with Crippen LogP contribution in [-0.2, 0) is 20.6 Å². The second-order valence-corrected chi connectivity index (χ2v) is 6.90. The monoisotopic (exact) mass is 307 g/mol. The molecule has 2 rings (SSSR count). The number of hydrogen-bond donors (Lipinski definition) is 2. The first-order chi connectivity index (χ1) is 9.91. The van der Waals surface area contributed by atoms with Crippen molar-refractivity contribution < 1.29 is 13.2 Å². The Morgan fingerprint density at radius 3 is 2.71 bits per heavy atom. The van der Waals surface area contributed by atoms with Gasteiger partial charge in [-0.3, -0.25) is 4.79 Å². The van der Waals surface area contributed by atoms with E-state index < -0.39 is 16.1 Å². The van der Waals surface area contributed by atoms with Crippen LogP contribution in [0.15, 0.2) is 24.3 Å². The summed E-state index contributed by atoms with van der Waals surface area (Å²) in [7, 11) is -3.69. The van der Waals surface area contributed by atoms with Crippen molar-refractivity contribution in [1.29, 1.82) is 5.26 Å². The summed E-state index contributed by atoms with van der Waals surface area (Å²) in [4.78, 5) is 11.8. The van der Waals surface area contributed by atoms with E-state index in [-0.39, 0.29) is 17.7 Å². The van der Waals surface area contributed by atoms with Gasteiger partial charge in [0, 0.05) is 6.04 Å². The predicted octanol–water partition coefficient (Wildman–Crippen LogP) is 0.645. The third kappa shape index (κ3) is 4.55. The molecule has 1 amide bonds. The average Bonchev–Trinajstić information content (AvgIpc) is 3.22. The number of hydrogen-bond acceptors (Lipinski definition) is 4. The van der Waals surface area contributed by atoms with Crippen LogP contribution in [0.2, 0.25) is 0 Å². The number of carbonyl (C=O) groups is 1. The molecular weight excluding hydrogens is 290 g/mol. The summed E-state index contributed by atoms with van der Waals surface area (Å²) in [5, 5.41) is 11.7. The Morgan fingerprint density at radius 1 is 1.43 bits per heavy atom. The second kappa shape index (κ2) is 6.24. The molecule has 21 heavy (non-hydrogen) atoms. The number of nitrogens with zero attached hydrogens (tertiary/aromatic N) is 1. The van der Waals surface area contributed by atoms with E-state index in [1.165, 1.54) is 6.92 Å². The number of sulfonamides is 1. The van der Waals surface area contributed by atoms with Gasteiger partial charge in [-0.05, 0) is 31.4 Å². The van der Waals surface area contributed by atoms with Gasteiger partial charge in [0.25, 0.3) is 0 Å². The number of benzene rings is 1. The molecule has 6 nitrogen and oxygen atoms in total. The Morgan fingerprint density at radius 2 is 2.10 bits per heavy atom. The Labute approximate surface area is 124 Å². The topological polar surface area (TPSA) is 99.1 Å². The van der Waals surface area contributed by atoms with Gasteiger partial charge < -0.3 is 5.32 Å². The van der Waals surface area contributed by atoms with Gasteiger partial charge in [-0.1, -0.05) is 18.2 Å². The molecule has 7 heteroatoms. The van der Waals surface area contributed by atoms with Crippen LogP contribution >= 0.6 is 0 Å². The van der Waals surface area contributed by atoms with Crippen molar-refractivity contribution >= 4 is 15.9 Å². The van der Waals surface area contributed by atoms with Crippen LogP contribution in [0.4, 0.5) is 0 Å². The van der Waals surface area contributed by atoms with E-state index >= 15 is 0 Å². The maximum absolute atomic E-state index is 12.1. The molecule has 0 bridgehead atoms. The lowest BCUT2D eigenvalue weighted by molar-refractivity contribution is -0.122. The fraction of sp³-hybridized carbons (Fsp3) is 0.429. The quantitative estimate of drug-likeness (QED) is 0.806. The number of rotatable bonds is 6. The molecule has 0 saturated heterocycles. The van der Waals surface area contributed by atoms with Gasteiger partial charge in [0.05, 0.1) is 23.4 Å². The zero-order chi connectivity index (χ0) is 15.5. The SMILES string of the molecule is CC(NS(=O)(=O)Cc1ccccc1C#N)C(=O)NC1CC1. The highest BCUT2D eigenvalue weighted by Crippen LogP contribution is 2.18. The van der Waals surface area contributed by atoms with Gasteiger partial charge in [-0.25, -0.2) is 13.1 Å². The van der Waals surface area contributed by atoms with Crippen molar-refractivity contribution in [2.45, 2.75) is 37.6 Å². The smallest absolute Gasteiger partial charge is 0.238 e. The lowest BCUT2D eigenvalue weighted by atomic mass is 10.1. The van der Waals surface area contributed by atoms with Gasteiger partial charge in [0.15, 0.2) is 0 Å². The maximum Gasteiger partial charge on any atom is 0.238 e. The Balaban J connectivity index is 2.01. The Kier molecular flexibility index (Phi) is 4.60. The molecule has 0 radical (unpaired) electrons. The van der Waals surface area contributed by atoms with Gasteiger partial charge in [0.1, 0.15) is 0 Å². The van der Waals surface area contributed by atoms with Gasteiger partial charge in [0.2, 0.25) is 15.9 Å². The number of amides is 1. The van der Waals surface area contributed by atoms with Crippen molar-refractivity contribution in [3.05, 3.63) is 35.4 Å². The van der Waals surface area contributed by atoms with E-state index in [9.17, 15) is 13.2 Å². The normalized spacial score (nSPS) is 16.0. The first kappa shape index (κ1) is 15.5. The highest BCUT2D eigenvalue weighted by atomic mass is 32.2. The minimum absolute atomic E-state index is 0.184. The summed E-state index contributed by atoms with van der Waals surface area (Å²) < 4.78 is 26.5. The molecule has 1 aromatic carbocycles. The summed E-state index contributed by atoms with van der Waals surface area (Å²) in [5.41, 5.74) is 0.736. The highest BCUT2D eigenvalue weighted by molar-refractivity contribution is 7.88. The molecule has 0 aromatic heterocycles. The van der Waals surface area contributed by atoms with E-state index in [0.29, 0.717) is 11.1 Å². The summed E-state index contributed by atoms with van der Waals surface area (Å²) in [6, 6.07) is 7.82. The molecule has 1 unspecified atom stereocenters. The summed E-state index contributed by atoms with van der Waals surface area (Å²) in [6.07, 6.45) is 1.89. The fourth-order valence-electron chi connectivity index (χ4n) is 1.88. The van der Waals surface area contributed by atoms with E-state index in [4.69, 9.17) is 5.26 Å². The van der Waals surface area contributed by atoms with E-state index in [0.717, 1.165) is 12.8 Å². The maximum atomic E-state index is 12.1. The van der Waals surface area contributed by atoms with E-state index in [2.05, 4.69) is 10.0 Å². The molecule has 1 saturated carbocycles.